The van der Waals surface area contributed by atoms with Crippen LogP contribution in [0.1, 0.15) is 0 Å². The summed E-state index contributed by atoms with van der Waals surface area (Å²) in [6.07, 6.45) is 0. The van der Waals surface area contributed by atoms with E-state index in [0.717, 1.165) is 0 Å². The van der Waals surface area contributed by atoms with E-state index in [1.54, 1.807) is 0 Å². The first-order chi connectivity index (χ1) is 6.01. The molecule has 1 aromatic carbocycles. The van der Waals surface area contributed by atoms with Crippen LogP contribution in [0.15, 0.2) is 24.3 Å². The summed E-state index contributed by atoms with van der Waals surface area (Å²) in [4.78, 5) is 0. The monoisotopic (exact) mass is 242 g/mol. The first kappa shape index (κ1) is 14.4. The molecule has 0 amide bonds. The zero-order valence-corrected chi connectivity index (χ0v) is 11.7. The first-order valence-electron chi connectivity index (χ1n) is 3.30. The fourth-order valence-corrected chi connectivity index (χ4v) is 1.10. The van der Waals surface area contributed by atoms with Crippen molar-refractivity contribution in [3.8, 4) is 11.5 Å². The van der Waals surface area contributed by atoms with Gasteiger partial charge >= 0.3 is 51.4 Å². The van der Waals surface area contributed by atoms with Gasteiger partial charge in [0.1, 0.15) is 11.5 Å². The third kappa shape index (κ3) is 5.30. The van der Waals surface area contributed by atoms with Crippen LogP contribution >= 0.6 is 0 Å². The van der Waals surface area contributed by atoms with Crippen LogP contribution in [0.3, 0.4) is 0 Å². The molecule has 1 rings (SSSR count). The van der Waals surface area contributed by atoms with Gasteiger partial charge in [-0.3, -0.25) is 0 Å². The van der Waals surface area contributed by atoms with Crippen molar-refractivity contribution in [2.45, 2.75) is 0 Å². The van der Waals surface area contributed by atoms with Crippen molar-refractivity contribution >= 4 is 10.4 Å². The molecule has 7 heteroatoms. The fourth-order valence-electron chi connectivity index (χ4n) is 0.749. The standard InChI is InChI=1S/C7H8O5S.K/c1-11-6-2-4-7(5-3-6)12-13(8,9)10;/h2-5H,1H3,(H,8,9,10);/q;+1/p-1. The predicted octanol–water partition coefficient (Wildman–Crippen LogP) is -2.46. The number of hydrogen-bond donors (Lipinski definition) is 0. The summed E-state index contributed by atoms with van der Waals surface area (Å²) >= 11 is 0. The Kier molecular flexibility index (Phi) is 6.22. The van der Waals surface area contributed by atoms with Crippen molar-refractivity contribution in [1.29, 1.82) is 0 Å². The summed E-state index contributed by atoms with van der Waals surface area (Å²) in [5.41, 5.74) is 0. The number of rotatable bonds is 3. The Bertz CT molecular complexity index is 372. The van der Waals surface area contributed by atoms with Gasteiger partial charge in [-0.1, -0.05) is 0 Å². The Hall–Kier alpha value is 0.366. The molecule has 0 aromatic heterocycles. The van der Waals surface area contributed by atoms with Gasteiger partial charge in [-0.15, -0.1) is 0 Å². The minimum Gasteiger partial charge on any atom is -0.716 e. The van der Waals surface area contributed by atoms with Crippen molar-refractivity contribution in [1.82, 2.24) is 0 Å². The molecule has 0 aliphatic carbocycles. The van der Waals surface area contributed by atoms with Crippen LogP contribution in [0.2, 0.25) is 0 Å². The molecule has 0 atom stereocenters. The smallest absolute Gasteiger partial charge is 0.716 e. The number of methoxy groups -OCH3 is 1. The molecular weight excluding hydrogens is 235 g/mol. The van der Waals surface area contributed by atoms with Crippen LogP contribution in [0.4, 0.5) is 0 Å². The number of benzene rings is 1. The molecule has 0 radical (unpaired) electrons. The van der Waals surface area contributed by atoms with Crippen LogP contribution in [0.5, 0.6) is 11.5 Å². The Balaban J connectivity index is 0.00000169. The maximum atomic E-state index is 10.1. The topological polar surface area (TPSA) is 75.7 Å². The largest absolute Gasteiger partial charge is 1.00 e. The van der Waals surface area contributed by atoms with E-state index in [2.05, 4.69) is 4.18 Å². The molecule has 0 aliphatic heterocycles. The SMILES string of the molecule is COc1ccc(OS(=O)(=O)[O-])cc1.[K+]. The van der Waals surface area contributed by atoms with E-state index in [1.165, 1.54) is 31.4 Å². The molecule has 0 saturated heterocycles. The molecule has 1 aromatic rings. The summed E-state index contributed by atoms with van der Waals surface area (Å²) in [6, 6.07) is 5.63. The molecule has 0 saturated carbocycles. The van der Waals surface area contributed by atoms with Crippen LogP contribution in [-0.2, 0) is 10.4 Å². The normalized spacial score (nSPS) is 10.1. The summed E-state index contributed by atoms with van der Waals surface area (Å²) in [5, 5.41) is 0. The van der Waals surface area contributed by atoms with Crippen molar-refractivity contribution in [2.24, 2.45) is 0 Å². The minimum absolute atomic E-state index is 0. The van der Waals surface area contributed by atoms with E-state index in [1.807, 2.05) is 0 Å². The molecule has 0 spiro atoms. The second-order valence-corrected chi connectivity index (χ2v) is 3.15. The third-order valence-electron chi connectivity index (χ3n) is 1.26. The Morgan fingerprint density at radius 2 is 1.57 bits per heavy atom. The zero-order chi connectivity index (χ0) is 9.90. The zero-order valence-electron chi connectivity index (χ0n) is 7.76. The number of ether oxygens (including phenoxy) is 1. The van der Waals surface area contributed by atoms with Crippen molar-refractivity contribution < 1.29 is 73.3 Å². The average Bonchev–Trinajstić information content (AvgIpc) is 2.03. The maximum Gasteiger partial charge on any atom is 1.00 e. The van der Waals surface area contributed by atoms with Crippen molar-refractivity contribution in [3.63, 3.8) is 0 Å². The van der Waals surface area contributed by atoms with Crippen LogP contribution in [0.25, 0.3) is 0 Å². The maximum absolute atomic E-state index is 10.1. The van der Waals surface area contributed by atoms with Gasteiger partial charge in [-0.05, 0) is 24.3 Å². The van der Waals surface area contributed by atoms with Gasteiger partial charge < -0.3 is 13.5 Å². The summed E-state index contributed by atoms with van der Waals surface area (Å²) in [7, 11) is -3.22. The van der Waals surface area contributed by atoms with E-state index in [-0.39, 0.29) is 57.1 Å². The molecule has 0 heterocycles. The fraction of sp³-hybridized carbons (Fsp3) is 0.143. The van der Waals surface area contributed by atoms with Crippen LogP contribution in [0, 0.1) is 0 Å². The van der Waals surface area contributed by atoms with E-state index >= 15 is 0 Å². The second-order valence-electron chi connectivity index (χ2n) is 2.17. The molecule has 0 N–H and O–H groups in total. The first-order valence-corrected chi connectivity index (χ1v) is 4.64. The summed E-state index contributed by atoms with van der Waals surface area (Å²) in [6.45, 7) is 0. The van der Waals surface area contributed by atoms with E-state index < -0.39 is 10.4 Å². The Morgan fingerprint density at radius 3 is 1.93 bits per heavy atom. The van der Waals surface area contributed by atoms with Crippen LogP contribution in [-0.4, -0.2) is 20.1 Å². The van der Waals surface area contributed by atoms with Gasteiger partial charge in [-0.25, -0.2) is 8.42 Å². The van der Waals surface area contributed by atoms with Crippen molar-refractivity contribution in [2.75, 3.05) is 7.11 Å². The van der Waals surface area contributed by atoms with E-state index in [0.29, 0.717) is 5.75 Å². The molecule has 0 aliphatic rings. The molecule has 0 fully saturated rings. The molecule has 14 heavy (non-hydrogen) atoms. The van der Waals surface area contributed by atoms with Gasteiger partial charge in [-0.2, -0.15) is 0 Å². The van der Waals surface area contributed by atoms with Gasteiger partial charge in [0, 0.05) is 0 Å². The minimum atomic E-state index is -4.69. The molecular formula is C7H7KO5S. The Labute approximate surface area is 125 Å². The van der Waals surface area contributed by atoms with Crippen LogP contribution < -0.4 is 60.3 Å². The Morgan fingerprint density at radius 1 is 1.14 bits per heavy atom. The molecule has 5 nitrogen and oxygen atoms in total. The molecule has 72 valence electrons. The van der Waals surface area contributed by atoms with Gasteiger partial charge in [0.15, 0.2) is 0 Å². The average molecular weight is 242 g/mol. The quantitative estimate of drug-likeness (QED) is 0.334. The van der Waals surface area contributed by atoms with Crippen molar-refractivity contribution in [3.05, 3.63) is 24.3 Å². The number of hydrogen-bond acceptors (Lipinski definition) is 5. The third-order valence-corrected chi connectivity index (χ3v) is 1.65. The molecule has 0 bridgehead atoms. The predicted molar refractivity (Wildman–Crippen MR) is 43.3 cm³/mol. The van der Waals surface area contributed by atoms with E-state index in [9.17, 15) is 13.0 Å². The van der Waals surface area contributed by atoms with Gasteiger partial charge in [0.25, 0.3) is 10.4 Å². The molecule has 0 unspecified atom stereocenters. The summed E-state index contributed by atoms with van der Waals surface area (Å²) in [5.74, 6) is 0.520. The summed E-state index contributed by atoms with van der Waals surface area (Å²) < 4.78 is 39.3. The van der Waals surface area contributed by atoms with E-state index in [4.69, 9.17) is 4.74 Å². The van der Waals surface area contributed by atoms with Gasteiger partial charge in [0.05, 0.1) is 7.11 Å². The second kappa shape index (κ2) is 6.06. The van der Waals surface area contributed by atoms with Gasteiger partial charge in [0.2, 0.25) is 0 Å².